The van der Waals surface area contributed by atoms with Crippen LogP contribution in [0.25, 0.3) is 0 Å². The predicted molar refractivity (Wildman–Crippen MR) is 95.6 cm³/mol. The lowest BCUT2D eigenvalue weighted by atomic mass is 10.4. The average Bonchev–Trinajstić information content (AvgIpc) is 2.57. The molecule has 0 atom stereocenters. The number of hydrogen-bond donors (Lipinski definition) is 2. The fourth-order valence-electron chi connectivity index (χ4n) is 0. The molecule has 0 amide bonds. The van der Waals surface area contributed by atoms with Crippen LogP contribution in [0.4, 0.5) is 0 Å². The zero-order chi connectivity index (χ0) is 17.7. The molecule has 0 aromatic heterocycles. The molecular weight excluding hydrogens is 236 g/mol. The van der Waals surface area contributed by atoms with E-state index in [1.807, 2.05) is 40.7 Å². The van der Waals surface area contributed by atoms with E-state index in [0.717, 1.165) is 6.42 Å². The van der Waals surface area contributed by atoms with Crippen LogP contribution in [0.1, 0.15) is 61.3 Å². The van der Waals surface area contributed by atoms with Crippen LogP contribution >= 0.6 is 0 Å². The van der Waals surface area contributed by atoms with Gasteiger partial charge in [0, 0.05) is 6.42 Å². The molecule has 0 radical (unpaired) electrons. The molecule has 3 heteroatoms. The van der Waals surface area contributed by atoms with Crippen molar-refractivity contribution in [1.29, 1.82) is 0 Å². The van der Waals surface area contributed by atoms with Crippen molar-refractivity contribution in [1.82, 2.24) is 0 Å². The highest BCUT2D eigenvalue weighted by Crippen LogP contribution is 1.71. The number of carbonyl (C=O) groups excluding carboxylic acids is 1. The summed E-state index contributed by atoms with van der Waals surface area (Å²) in [6.45, 7) is 23.0. The third-order valence-electron chi connectivity index (χ3n) is 0.787. The Morgan fingerprint density at radius 2 is 1.05 bits per heavy atom. The Morgan fingerprint density at radius 3 is 1.05 bits per heavy atom. The summed E-state index contributed by atoms with van der Waals surface area (Å²) < 4.78 is 0. The second kappa shape index (κ2) is 171. The van der Waals surface area contributed by atoms with Gasteiger partial charge in [-0.1, -0.05) is 47.6 Å². The number of rotatable bonds is 2. The van der Waals surface area contributed by atoms with E-state index in [2.05, 4.69) is 38.1 Å². The Morgan fingerprint density at radius 1 is 0.947 bits per heavy atom. The van der Waals surface area contributed by atoms with Crippen LogP contribution in [0.3, 0.4) is 0 Å². The maximum absolute atomic E-state index is 9.81. The highest BCUT2D eigenvalue weighted by Gasteiger charge is 1.76. The zero-order valence-corrected chi connectivity index (χ0v) is 15.2. The lowest BCUT2D eigenvalue weighted by Crippen LogP contribution is -1.80. The molecule has 4 N–H and O–H groups in total. The summed E-state index contributed by atoms with van der Waals surface area (Å²) in [6, 6.07) is 0. The first-order chi connectivity index (χ1) is 9.18. The number of carbonyl (C=O) groups is 1. The first-order valence-electron chi connectivity index (χ1n) is 6.94. The maximum atomic E-state index is 9.81. The summed E-state index contributed by atoms with van der Waals surface area (Å²) in [5, 5.41) is 0. The molecule has 0 rings (SSSR count). The molecule has 19 heavy (non-hydrogen) atoms. The number of Topliss-reactive ketones (excluding diaryl/α,β-unsaturated/α-hetero) is 1. The highest BCUT2D eigenvalue weighted by molar-refractivity contribution is 5.74. The standard InChI is InChI=1S/C4H8O.C4H8.2C2H6.C2H4.2CH5N/c1-3-4(2)5;1-3-4-2;5*1-2/h3H2,1-2H3;3H,1,4H2,2H3;2*1-2H3;1-2H2;2*2H2,1H3. The summed E-state index contributed by atoms with van der Waals surface area (Å²) in [7, 11) is 3.00. The van der Waals surface area contributed by atoms with Gasteiger partial charge in [0.2, 0.25) is 0 Å². The van der Waals surface area contributed by atoms with E-state index in [4.69, 9.17) is 0 Å². The molecule has 122 valence electrons. The van der Waals surface area contributed by atoms with Crippen LogP contribution in [-0.4, -0.2) is 19.9 Å². The Bertz CT molecular complexity index is 94.7. The van der Waals surface area contributed by atoms with Crippen molar-refractivity contribution in [3.63, 3.8) is 0 Å². The molecule has 0 aromatic carbocycles. The molecule has 0 aliphatic heterocycles. The van der Waals surface area contributed by atoms with Gasteiger partial charge in [-0.05, 0) is 27.4 Å². The van der Waals surface area contributed by atoms with Gasteiger partial charge < -0.3 is 16.3 Å². The van der Waals surface area contributed by atoms with E-state index < -0.39 is 0 Å². The van der Waals surface area contributed by atoms with Gasteiger partial charge in [0.05, 0.1) is 0 Å². The van der Waals surface area contributed by atoms with Crippen molar-refractivity contribution >= 4 is 5.78 Å². The third-order valence-corrected chi connectivity index (χ3v) is 0.787. The number of nitrogens with two attached hydrogens (primary N) is 2. The summed E-state index contributed by atoms with van der Waals surface area (Å²) in [5.74, 6) is 0.255. The van der Waals surface area contributed by atoms with Crippen LogP contribution in [0, 0.1) is 0 Å². The van der Waals surface area contributed by atoms with Crippen molar-refractivity contribution in [2.75, 3.05) is 14.1 Å². The summed E-state index contributed by atoms with van der Waals surface area (Å²) in [6.07, 6.45) is 3.62. The van der Waals surface area contributed by atoms with Crippen LogP contribution in [0.5, 0.6) is 0 Å². The summed E-state index contributed by atoms with van der Waals surface area (Å²) in [4.78, 5) is 9.81. The second-order valence-electron chi connectivity index (χ2n) is 1.75. The molecule has 3 nitrogen and oxygen atoms in total. The van der Waals surface area contributed by atoms with Crippen molar-refractivity contribution in [2.24, 2.45) is 11.5 Å². The molecule has 0 saturated carbocycles. The maximum Gasteiger partial charge on any atom is 0.129 e. The Hall–Kier alpha value is -0.930. The van der Waals surface area contributed by atoms with Crippen LogP contribution in [0.15, 0.2) is 25.8 Å². The first-order valence-corrected chi connectivity index (χ1v) is 6.94. The zero-order valence-electron chi connectivity index (χ0n) is 15.2. The third kappa shape index (κ3) is 905. The van der Waals surface area contributed by atoms with Gasteiger partial charge in [-0.2, -0.15) is 0 Å². The van der Waals surface area contributed by atoms with Crippen LogP contribution < -0.4 is 11.5 Å². The van der Waals surface area contributed by atoms with Crippen molar-refractivity contribution in [2.45, 2.75) is 61.3 Å². The molecule has 0 aliphatic rings. The fourth-order valence-corrected chi connectivity index (χ4v) is 0. The minimum atomic E-state index is 0.255. The molecule has 0 bridgehead atoms. The van der Waals surface area contributed by atoms with Gasteiger partial charge in [0.25, 0.3) is 0 Å². The van der Waals surface area contributed by atoms with Crippen molar-refractivity contribution in [3.05, 3.63) is 25.8 Å². The lowest BCUT2D eigenvalue weighted by Gasteiger charge is -1.71. The van der Waals surface area contributed by atoms with Gasteiger partial charge in [-0.25, -0.2) is 0 Å². The molecule has 0 aliphatic carbocycles. The smallest absolute Gasteiger partial charge is 0.129 e. The van der Waals surface area contributed by atoms with Gasteiger partial charge in [-0.15, -0.1) is 19.7 Å². The number of ketones is 1. The minimum absolute atomic E-state index is 0.255. The first kappa shape index (κ1) is 43.0. The van der Waals surface area contributed by atoms with E-state index in [0.29, 0.717) is 6.42 Å². The molecular formula is C16H42N2O. The van der Waals surface area contributed by atoms with Crippen LogP contribution in [-0.2, 0) is 4.79 Å². The average molecular weight is 279 g/mol. The lowest BCUT2D eigenvalue weighted by molar-refractivity contribution is -0.116. The Labute approximate surface area is 124 Å². The highest BCUT2D eigenvalue weighted by atomic mass is 16.1. The van der Waals surface area contributed by atoms with E-state index in [1.165, 1.54) is 14.1 Å². The van der Waals surface area contributed by atoms with Gasteiger partial charge in [0.15, 0.2) is 0 Å². The summed E-state index contributed by atoms with van der Waals surface area (Å²) in [5.41, 5.74) is 9.00. The molecule has 0 saturated heterocycles. The largest absolute Gasteiger partial charge is 0.333 e. The fraction of sp³-hybridized carbons (Fsp3) is 0.688. The Balaban J connectivity index is -0.0000000187. The molecule has 0 heterocycles. The SMILES string of the molecule is C=C.C=CCC.CC.CC.CCC(C)=O.CN.CN. The Kier molecular flexibility index (Phi) is 388. The number of hydrogen-bond acceptors (Lipinski definition) is 3. The topological polar surface area (TPSA) is 69.1 Å². The summed E-state index contributed by atoms with van der Waals surface area (Å²) >= 11 is 0. The monoisotopic (exact) mass is 278 g/mol. The normalized spacial score (nSPS) is 4.79. The molecule has 0 fully saturated rings. The number of allylic oxidation sites excluding steroid dienone is 1. The second-order valence-corrected chi connectivity index (χ2v) is 1.75. The predicted octanol–water partition coefficient (Wildman–Crippen LogP) is 4.57. The minimum Gasteiger partial charge on any atom is -0.333 e. The van der Waals surface area contributed by atoms with E-state index >= 15 is 0 Å². The van der Waals surface area contributed by atoms with E-state index in [-0.39, 0.29) is 5.78 Å². The van der Waals surface area contributed by atoms with Crippen LogP contribution in [0.2, 0.25) is 0 Å². The van der Waals surface area contributed by atoms with Gasteiger partial charge >= 0.3 is 0 Å². The van der Waals surface area contributed by atoms with Gasteiger partial charge in [-0.3, -0.25) is 0 Å². The van der Waals surface area contributed by atoms with E-state index in [9.17, 15) is 4.79 Å². The quantitative estimate of drug-likeness (QED) is 0.727. The van der Waals surface area contributed by atoms with Gasteiger partial charge in [0.1, 0.15) is 5.78 Å². The van der Waals surface area contributed by atoms with Crippen molar-refractivity contribution < 1.29 is 4.79 Å². The molecule has 0 aromatic rings. The van der Waals surface area contributed by atoms with E-state index in [1.54, 1.807) is 6.92 Å². The molecule has 0 spiro atoms. The molecule has 0 unspecified atom stereocenters. The van der Waals surface area contributed by atoms with Crippen molar-refractivity contribution in [3.8, 4) is 0 Å².